The Kier molecular flexibility index (Phi) is 4.31. The lowest BCUT2D eigenvalue weighted by Crippen LogP contribution is -2.41. The highest BCUT2D eigenvalue weighted by Gasteiger charge is 2.41. The van der Waals surface area contributed by atoms with E-state index in [1.807, 2.05) is 19.1 Å². The van der Waals surface area contributed by atoms with Crippen molar-refractivity contribution in [1.82, 2.24) is 0 Å². The van der Waals surface area contributed by atoms with E-state index in [0.717, 1.165) is 17.6 Å². The van der Waals surface area contributed by atoms with Crippen LogP contribution < -0.4 is 5.73 Å². The van der Waals surface area contributed by atoms with Crippen molar-refractivity contribution in [3.05, 3.63) is 58.9 Å². The molecular formula is C18H22FNO. The van der Waals surface area contributed by atoms with Gasteiger partial charge in [0.05, 0.1) is 5.41 Å². The van der Waals surface area contributed by atoms with Gasteiger partial charge < -0.3 is 5.73 Å². The van der Waals surface area contributed by atoms with Gasteiger partial charge in [-0.3, -0.25) is 4.79 Å². The Morgan fingerprint density at radius 1 is 1.38 bits per heavy atom. The fraction of sp³-hybridized carbons (Fsp3) is 0.389. The quantitative estimate of drug-likeness (QED) is 0.823. The van der Waals surface area contributed by atoms with Crippen LogP contribution in [0.1, 0.15) is 43.7 Å². The average molecular weight is 287 g/mol. The van der Waals surface area contributed by atoms with E-state index < -0.39 is 5.41 Å². The molecule has 1 aromatic rings. The van der Waals surface area contributed by atoms with Gasteiger partial charge in [-0.2, -0.15) is 0 Å². The molecule has 0 bridgehead atoms. The number of hydrogen-bond acceptors (Lipinski definition) is 1. The lowest BCUT2D eigenvalue weighted by molar-refractivity contribution is -0.124. The molecule has 1 aliphatic rings. The second-order valence-electron chi connectivity index (χ2n) is 5.78. The highest BCUT2D eigenvalue weighted by Crippen LogP contribution is 2.42. The molecule has 21 heavy (non-hydrogen) atoms. The fourth-order valence-corrected chi connectivity index (χ4v) is 3.30. The van der Waals surface area contributed by atoms with Crippen LogP contribution in [-0.2, 0) is 10.2 Å². The number of allylic oxidation sites excluding steroid dienone is 3. The molecule has 1 aromatic carbocycles. The second kappa shape index (κ2) is 5.84. The highest BCUT2D eigenvalue weighted by atomic mass is 19.1. The number of carbonyl (C=O) groups is 1. The van der Waals surface area contributed by atoms with Crippen LogP contribution >= 0.6 is 0 Å². The Morgan fingerprint density at radius 2 is 2.05 bits per heavy atom. The van der Waals surface area contributed by atoms with Crippen molar-refractivity contribution in [3.63, 3.8) is 0 Å². The van der Waals surface area contributed by atoms with Gasteiger partial charge in [-0.25, -0.2) is 4.39 Å². The first kappa shape index (κ1) is 15.5. The highest BCUT2D eigenvalue weighted by molar-refractivity contribution is 5.87. The summed E-state index contributed by atoms with van der Waals surface area (Å²) in [5.41, 5.74) is 8.40. The van der Waals surface area contributed by atoms with Crippen molar-refractivity contribution in [2.75, 3.05) is 0 Å². The molecule has 1 saturated carbocycles. The monoisotopic (exact) mass is 287 g/mol. The topological polar surface area (TPSA) is 43.1 Å². The number of amides is 1. The summed E-state index contributed by atoms with van der Waals surface area (Å²) in [4.78, 5) is 12.2. The number of primary amides is 1. The third kappa shape index (κ3) is 2.65. The number of rotatable bonds is 2. The SMILES string of the molecule is C=C1CCC(C(N)=O)(c2cccc(F)c2C)CC/C1=C/C. The van der Waals surface area contributed by atoms with E-state index in [1.165, 1.54) is 11.6 Å². The van der Waals surface area contributed by atoms with Gasteiger partial charge in [0, 0.05) is 0 Å². The Morgan fingerprint density at radius 3 is 2.67 bits per heavy atom. The number of carbonyl (C=O) groups excluding carboxylic acids is 1. The third-order valence-electron chi connectivity index (χ3n) is 4.73. The lowest BCUT2D eigenvalue weighted by Gasteiger charge is -2.31. The maximum Gasteiger partial charge on any atom is 0.228 e. The first-order valence-electron chi connectivity index (χ1n) is 7.31. The molecule has 1 atom stereocenters. The van der Waals surface area contributed by atoms with Crippen LogP contribution in [0.2, 0.25) is 0 Å². The number of halogens is 1. The van der Waals surface area contributed by atoms with Crippen molar-refractivity contribution in [2.45, 2.75) is 44.9 Å². The van der Waals surface area contributed by atoms with Gasteiger partial charge in [0.15, 0.2) is 0 Å². The summed E-state index contributed by atoms with van der Waals surface area (Å²) in [5.74, 6) is -0.663. The molecule has 0 aromatic heterocycles. The number of hydrogen-bond donors (Lipinski definition) is 1. The molecule has 1 fully saturated rings. The Balaban J connectivity index is 2.54. The van der Waals surface area contributed by atoms with Crippen LogP contribution in [0, 0.1) is 12.7 Å². The second-order valence-corrected chi connectivity index (χ2v) is 5.78. The molecule has 1 unspecified atom stereocenters. The summed E-state index contributed by atoms with van der Waals surface area (Å²) in [6.45, 7) is 7.78. The third-order valence-corrected chi connectivity index (χ3v) is 4.73. The molecule has 2 rings (SSSR count). The van der Waals surface area contributed by atoms with Crippen LogP contribution in [0.3, 0.4) is 0 Å². The molecule has 1 aliphatic carbocycles. The Hall–Kier alpha value is -1.90. The number of nitrogens with two attached hydrogens (primary N) is 1. The van der Waals surface area contributed by atoms with Gasteiger partial charge in [-0.05, 0) is 62.3 Å². The molecule has 0 saturated heterocycles. The smallest absolute Gasteiger partial charge is 0.228 e. The summed E-state index contributed by atoms with van der Waals surface area (Å²) in [6.07, 6.45) is 4.68. The Labute approximate surface area is 125 Å². The minimum Gasteiger partial charge on any atom is -0.369 e. The molecule has 1 amide bonds. The van der Waals surface area contributed by atoms with Crippen LogP contribution in [-0.4, -0.2) is 5.91 Å². The van der Waals surface area contributed by atoms with E-state index in [1.54, 1.807) is 13.0 Å². The van der Waals surface area contributed by atoms with Crippen molar-refractivity contribution < 1.29 is 9.18 Å². The lowest BCUT2D eigenvalue weighted by atomic mass is 9.72. The zero-order valence-corrected chi connectivity index (χ0v) is 12.7. The summed E-state index contributed by atoms with van der Waals surface area (Å²) in [5, 5.41) is 0. The predicted octanol–water partition coefficient (Wildman–Crippen LogP) is 3.93. The van der Waals surface area contributed by atoms with Crippen molar-refractivity contribution in [3.8, 4) is 0 Å². The van der Waals surface area contributed by atoms with E-state index in [-0.39, 0.29) is 11.7 Å². The van der Waals surface area contributed by atoms with Gasteiger partial charge >= 0.3 is 0 Å². The van der Waals surface area contributed by atoms with Crippen molar-refractivity contribution in [1.29, 1.82) is 0 Å². The van der Waals surface area contributed by atoms with Gasteiger partial charge in [0.1, 0.15) is 5.82 Å². The summed E-state index contributed by atoms with van der Waals surface area (Å²) >= 11 is 0. The molecule has 0 radical (unpaired) electrons. The first-order chi connectivity index (χ1) is 9.92. The van der Waals surface area contributed by atoms with Crippen molar-refractivity contribution >= 4 is 5.91 Å². The normalized spacial score (nSPS) is 24.9. The van der Waals surface area contributed by atoms with Crippen LogP contribution in [0.4, 0.5) is 4.39 Å². The summed E-state index contributed by atoms with van der Waals surface area (Å²) in [7, 11) is 0. The zero-order chi connectivity index (χ0) is 15.6. The minimum absolute atomic E-state index is 0.289. The maximum atomic E-state index is 13.9. The van der Waals surface area contributed by atoms with E-state index in [9.17, 15) is 9.18 Å². The molecule has 0 spiro atoms. The van der Waals surface area contributed by atoms with Gasteiger partial charge in [0.25, 0.3) is 0 Å². The molecule has 112 valence electrons. The fourth-order valence-electron chi connectivity index (χ4n) is 3.30. The van der Waals surface area contributed by atoms with Gasteiger partial charge in [0.2, 0.25) is 5.91 Å². The Bertz CT molecular complexity index is 618. The van der Waals surface area contributed by atoms with E-state index in [0.29, 0.717) is 24.8 Å². The molecule has 0 aliphatic heterocycles. The molecule has 2 nitrogen and oxygen atoms in total. The average Bonchev–Trinajstić information content (AvgIpc) is 2.62. The van der Waals surface area contributed by atoms with Crippen LogP contribution in [0.5, 0.6) is 0 Å². The molecule has 0 heterocycles. The van der Waals surface area contributed by atoms with Crippen LogP contribution in [0.25, 0.3) is 0 Å². The maximum absolute atomic E-state index is 13.9. The van der Waals surface area contributed by atoms with E-state index in [4.69, 9.17) is 5.73 Å². The molecular weight excluding hydrogens is 265 g/mol. The van der Waals surface area contributed by atoms with Gasteiger partial charge in [-0.1, -0.05) is 30.4 Å². The van der Waals surface area contributed by atoms with Crippen LogP contribution in [0.15, 0.2) is 42.0 Å². The summed E-state index contributed by atoms with van der Waals surface area (Å²) in [6, 6.07) is 4.89. The number of benzene rings is 1. The summed E-state index contributed by atoms with van der Waals surface area (Å²) < 4.78 is 13.9. The molecule has 3 heteroatoms. The largest absolute Gasteiger partial charge is 0.369 e. The zero-order valence-electron chi connectivity index (χ0n) is 12.7. The first-order valence-corrected chi connectivity index (χ1v) is 7.31. The van der Waals surface area contributed by atoms with E-state index in [2.05, 4.69) is 6.58 Å². The predicted molar refractivity (Wildman–Crippen MR) is 83.4 cm³/mol. The van der Waals surface area contributed by atoms with E-state index >= 15 is 0 Å². The standard InChI is InChI=1S/C18H22FNO/c1-4-14-9-11-18(17(20)21,10-8-12(14)2)15-6-5-7-16(19)13(15)3/h4-7H,2,8-11H2,1,3H3,(H2,20,21)/b14-4-. The minimum atomic E-state index is -0.806. The molecule has 2 N–H and O–H groups in total. The van der Waals surface area contributed by atoms with Crippen molar-refractivity contribution in [2.24, 2.45) is 5.73 Å². The van der Waals surface area contributed by atoms with Gasteiger partial charge in [-0.15, -0.1) is 0 Å².